The smallest absolute Gasteiger partial charge is 0.230 e. The molecule has 0 bridgehead atoms. The van der Waals surface area contributed by atoms with Gasteiger partial charge in [0.2, 0.25) is 5.91 Å². The summed E-state index contributed by atoms with van der Waals surface area (Å²) in [6.45, 7) is 3.16. The fourth-order valence-electron chi connectivity index (χ4n) is 1.75. The number of hydrogen-bond donors (Lipinski definition) is 2. The van der Waals surface area contributed by atoms with Crippen LogP contribution in [0.3, 0.4) is 0 Å². The van der Waals surface area contributed by atoms with Gasteiger partial charge in [-0.25, -0.2) is 4.98 Å². The number of ether oxygens (including phenoxy) is 1. The molecule has 0 unspecified atom stereocenters. The van der Waals surface area contributed by atoms with Gasteiger partial charge in [-0.1, -0.05) is 6.92 Å². The van der Waals surface area contributed by atoms with Crippen LogP contribution in [-0.2, 0) is 17.8 Å². The number of amides is 1. The molecule has 0 atom stereocenters. The summed E-state index contributed by atoms with van der Waals surface area (Å²) in [6, 6.07) is 7.35. The third-order valence-electron chi connectivity index (χ3n) is 2.73. The summed E-state index contributed by atoms with van der Waals surface area (Å²) >= 11 is 1.47. The highest BCUT2D eigenvalue weighted by Crippen LogP contribution is 2.16. The predicted molar refractivity (Wildman–Crippen MR) is 84.6 cm³/mol. The fourth-order valence-corrected chi connectivity index (χ4v) is 2.42. The van der Waals surface area contributed by atoms with Gasteiger partial charge in [0.05, 0.1) is 18.7 Å². The summed E-state index contributed by atoms with van der Waals surface area (Å²) in [7, 11) is 0. The molecule has 0 spiro atoms. The van der Waals surface area contributed by atoms with Crippen LogP contribution in [0.1, 0.15) is 24.0 Å². The van der Waals surface area contributed by atoms with Gasteiger partial charge >= 0.3 is 0 Å². The Kier molecular flexibility index (Phi) is 5.71. The van der Waals surface area contributed by atoms with Crippen LogP contribution in [-0.4, -0.2) is 17.5 Å². The summed E-state index contributed by atoms with van der Waals surface area (Å²) in [5.41, 5.74) is 7.00. The number of carbonyl (C=O) groups is 1. The van der Waals surface area contributed by atoms with Crippen LogP contribution in [0.4, 0.5) is 5.69 Å². The molecular weight excluding hydrogens is 286 g/mol. The first-order valence-electron chi connectivity index (χ1n) is 6.87. The molecule has 0 radical (unpaired) electrons. The second-order valence-corrected chi connectivity index (χ2v) is 5.48. The van der Waals surface area contributed by atoms with E-state index in [2.05, 4.69) is 17.2 Å². The summed E-state index contributed by atoms with van der Waals surface area (Å²) in [5, 5.41) is 5.55. The fraction of sp³-hybridized carbons (Fsp3) is 0.333. The second kappa shape index (κ2) is 7.75. The molecule has 2 rings (SSSR count). The Bertz CT molecular complexity index is 581. The number of benzene rings is 1. The first kappa shape index (κ1) is 15.5. The quantitative estimate of drug-likeness (QED) is 0.824. The summed E-state index contributed by atoms with van der Waals surface area (Å²) in [4.78, 5) is 16.2. The van der Waals surface area contributed by atoms with Crippen molar-refractivity contribution in [1.29, 1.82) is 0 Å². The Morgan fingerprint density at radius 2 is 2.14 bits per heavy atom. The highest BCUT2D eigenvalue weighted by atomic mass is 32.1. The molecule has 2 aromatic rings. The minimum atomic E-state index is -0.0916. The second-order valence-electron chi connectivity index (χ2n) is 4.53. The van der Waals surface area contributed by atoms with Gasteiger partial charge in [0.25, 0.3) is 0 Å². The van der Waals surface area contributed by atoms with Gasteiger partial charge < -0.3 is 15.8 Å². The van der Waals surface area contributed by atoms with Crippen LogP contribution < -0.4 is 15.8 Å². The summed E-state index contributed by atoms with van der Waals surface area (Å²) < 4.78 is 5.49. The SMILES string of the molecule is CCCOc1ccc(NC(=O)Cc2csc(CN)n2)cc1. The maximum atomic E-state index is 11.9. The molecule has 0 saturated heterocycles. The molecule has 6 heteroatoms. The Hall–Kier alpha value is -1.92. The van der Waals surface area contributed by atoms with Crippen molar-refractivity contribution in [3.8, 4) is 5.75 Å². The number of aromatic nitrogens is 1. The molecule has 3 N–H and O–H groups in total. The van der Waals surface area contributed by atoms with Gasteiger partial charge in [0, 0.05) is 17.6 Å². The van der Waals surface area contributed by atoms with Gasteiger partial charge in [-0.2, -0.15) is 0 Å². The average Bonchev–Trinajstić information content (AvgIpc) is 2.94. The monoisotopic (exact) mass is 305 g/mol. The van der Waals surface area contributed by atoms with E-state index in [0.717, 1.165) is 28.6 Å². The van der Waals surface area contributed by atoms with E-state index in [9.17, 15) is 4.79 Å². The van der Waals surface area contributed by atoms with E-state index < -0.39 is 0 Å². The molecule has 5 nitrogen and oxygen atoms in total. The van der Waals surface area contributed by atoms with Gasteiger partial charge in [-0.3, -0.25) is 4.79 Å². The number of hydrogen-bond acceptors (Lipinski definition) is 5. The highest BCUT2D eigenvalue weighted by molar-refractivity contribution is 7.09. The molecule has 1 aromatic heterocycles. The number of rotatable bonds is 7. The van der Waals surface area contributed by atoms with Crippen molar-refractivity contribution in [3.63, 3.8) is 0 Å². The molecule has 112 valence electrons. The van der Waals surface area contributed by atoms with E-state index >= 15 is 0 Å². The van der Waals surface area contributed by atoms with Crippen molar-refractivity contribution < 1.29 is 9.53 Å². The van der Waals surface area contributed by atoms with Crippen molar-refractivity contribution >= 4 is 22.9 Å². The zero-order chi connectivity index (χ0) is 15.1. The Morgan fingerprint density at radius 1 is 1.38 bits per heavy atom. The lowest BCUT2D eigenvalue weighted by Crippen LogP contribution is -2.14. The zero-order valence-corrected chi connectivity index (χ0v) is 12.8. The van der Waals surface area contributed by atoms with Crippen molar-refractivity contribution in [1.82, 2.24) is 4.98 Å². The van der Waals surface area contributed by atoms with E-state index in [1.54, 1.807) is 0 Å². The number of anilines is 1. The molecule has 1 amide bonds. The van der Waals surface area contributed by atoms with Crippen molar-refractivity contribution in [2.24, 2.45) is 5.73 Å². The van der Waals surface area contributed by atoms with Gasteiger partial charge in [-0.05, 0) is 30.7 Å². The lowest BCUT2D eigenvalue weighted by atomic mass is 10.2. The summed E-state index contributed by atoms with van der Waals surface area (Å²) in [5.74, 6) is 0.716. The minimum absolute atomic E-state index is 0.0916. The van der Waals surface area contributed by atoms with Crippen molar-refractivity contribution in [3.05, 3.63) is 40.3 Å². The third kappa shape index (κ3) is 4.84. The number of thiazole rings is 1. The number of nitrogens with two attached hydrogens (primary N) is 1. The van der Waals surface area contributed by atoms with Crippen LogP contribution in [0.2, 0.25) is 0 Å². The van der Waals surface area contributed by atoms with Gasteiger partial charge in [0.1, 0.15) is 10.8 Å². The topological polar surface area (TPSA) is 77.2 Å². The van der Waals surface area contributed by atoms with E-state index in [-0.39, 0.29) is 12.3 Å². The van der Waals surface area contributed by atoms with Crippen LogP contribution in [0.5, 0.6) is 5.75 Å². The van der Waals surface area contributed by atoms with E-state index in [1.807, 2.05) is 29.6 Å². The van der Waals surface area contributed by atoms with Crippen molar-refractivity contribution in [2.45, 2.75) is 26.3 Å². The van der Waals surface area contributed by atoms with E-state index in [0.29, 0.717) is 13.2 Å². The predicted octanol–water partition coefficient (Wildman–Crippen LogP) is 2.57. The first-order chi connectivity index (χ1) is 10.2. The largest absolute Gasteiger partial charge is 0.494 e. The molecule has 0 aliphatic rings. The average molecular weight is 305 g/mol. The third-order valence-corrected chi connectivity index (χ3v) is 3.65. The zero-order valence-electron chi connectivity index (χ0n) is 12.0. The van der Waals surface area contributed by atoms with Crippen LogP contribution in [0.15, 0.2) is 29.6 Å². The highest BCUT2D eigenvalue weighted by Gasteiger charge is 2.07. The number of nitrogens with one attached hydrogen (secondary N) is 1. The molecular formula is C15H19N3O2S. The van der Waals surface area contributed by atoms with E-state index in [4.69, 9.17) is 10.5 Å². The minimum Gasteiger partial charge on any atom is -0.494 e. The van der Waals surface area contributed by atoms with Gasteiger partial charge in [-0.15, -0.1) is 11.3 Å². The Balaban J connectivity index is 1.87. The van der Waals surface area contributed by atoms with Crippen molar-refractivity contribution in [2.75, 3.05) is 11.9 Å². The van der Waals surface area contributed by atoms with Crippen LogP contribution in [0.25, 0.3) is 0 Å². The molecule has 0 saturated carbocycles. The van der Waals surface area contributed by atoms with E-state index in [1.165, 1.54) is 11.3 Å². The molecule has 1 aromatic carbocycles. The molecule has 0 fully saturated rings. The number of carbonyl (C=O) groups excluding carboxylic acids is 1. The first-order valence-corrected chi connectivity index (χ1v) is 7.75. The molecule has 0 aliphatic carbocycles. The van der Waals surface area contributed by atoms with Crippen LogP contribution in [0, 0.1) is 0 Å². The maximum Gasteiger partial charge on any atom is 0.230 e. The van der Waals surface area contributed by atoms with Crippen LogP contribution >= 0.6 is 11.3 Å². The molecule has 0 aliphatic heterocycles. The summed E-state index contributed by atoms with van der Waals surface area (Å²) in [6.07, 6.45) is 1.22. The molecule has 21 heavy (non-hydrogen) atoms. The normalized spacial score (nSPS) is 10.4. The van der Waals surface area contributed by atoms with Gasteiger partial charge in [0.15, 0.2) is 0 Å². The lowest BCUT2D eigenvalue weighted by molar-refractivity contribution is -0.115. The lowest BCUT2D eigenvalue weighted by Gasteiger charge is -2.07. The Labute approximate surface area is 128 Å². The maximum absolute atomic E-state index is 11.9. The Morgan fingerprint density at radius 3 is 2.76 bits per heavy atom. The standard InChI is InChI=1S/C15H19N3O2S/c1-2-7-20-13-5-3-11(4-6-13)17-14(19)8-12-10-21-15(9-16)18-12/h3-6,10H,2,7-9,16H2,1H3,(H,17,19). The molecule has 1 heterocycles. The number of nitrogens with zero attached hydrogens (tertiary/aromatic N) is 1.